The minimum atomic E-state index is -0.413. The van der Waals surface area contributed by atoms with Crippen LogP contribution in [0.1, 0.15) is 26.3 Å². The molecule has 154 valence electrons. The minimum Gasteiger partial charge on any atom is -0.322 e. The Morgan fingerprint density at radius 3 is 2.19 bits per heavy atom. The molecule has 7 heteroatoms. The Hall–Kier alpha value is -4.26. The number of anilines is 2. The first-order valence-electron chi connectivity index (χ1n) is 9.61. The lowest BCUT2D eigenvalue weighted by Gasteiger charge is -2.10. The average Bonchev–Trinajstić information content (AvgIpc) is 3.27. The van der Waals surface area contributed by atoms with Gasteiger partial charge in [0.25, 0.3) is 11.8 Å². The SMILES string of the molecule is O=C(Nc1cccc(C(=O)Nc2cccc(Cn3cccn3)c2)c1)c1ccc(F)cc1. The van der Waals surface area contributed by atoms with E-state index in [1.165, 1.54) is 24.3 Å². The topological polar surface area (TPSA) is 76.0 Å². The van der Waals surface area contributed by atoms with Crippen LogP contribution in [0.4, 0.5) is 15.8 Å². The van der Waals surface area contributed by atoms with Crippen molar-refractivity contribution < 1.29 is 14.0 Å². The number of nitrogens with zero attached hydrogens (tertiary/aromatic N) is 2. The normalized spacial score (nSPS) is 10.5. The third-order valence-corrected chi connectivity index (χ3v) is 4.58. The molecule has 0 fully saturated rings. The number of hydrogen-bond donors (Lipinski definition) is 2. The van der Waals surface area contributed by atoms with Crippen molar-refractivity contribution in [2.24, 2.45) is 0 Å². The summed E-state index contributed by atoms with van der Waals surface area (Å²) in [5.74, 6) is -1.10. The summed E-state index contributed by atoms with van der Waals surface area (Å²) in [5, 5.41) is 9.78. The second-order valence-corrected chi connectivity index (χ2v) is 6.90. The Labute approximate surface area is 178 Å². The van der Waals surface area contributed by atoms with Gasteiger partial charge in [-0.05, 0) is 66.2 Å². The lowest BCUT2D eigenvalue weighted by Crippen LogP contribution is -2.15. The number of hydrogen-bond acceptors (Lipinski definition) is 3. The standard InChI is InChI=1S/C24H19FN4O2/c25-20-10-8-18(9-11-20)23(30)28-22-7-2-5-19(15-22)24(31)27-21-6-1-4-17(14-21)16-29-13-3-12-26-29/h1-15H,16H2,(H,27,31)(H,28,30). The molecule has 0 saturated carbocycles. The van der Waals surface area contributed by atoms with Crippen molar-refractivity contribution >= 4 is 23.2 Å². The fourth-order valence-electron chi connectivity index (χ4n) is 3.07. The zero-order valence-corrected chi connectivity index (χ0v) is 16.5. The highest BCUT2D eigenvalue weighted by molar-refractivity contribution is 6.07. The molecule has 0 spiro atoms. The van der Waals surface area contributed by atoms with Crippen molar-refractivity contribution in [3.8, 4) is 0 Å². The highest BCUT2D eigenvalue weighted by Crippen LogP contribution is 2.16. The Kier molecular flexibility index (Phi) is 5.84. The Morgan fingerprint density at radius 1 is 0.806 bits per heavy atom. The van der Waals surface area contributed by atoms with Gasteiger partial charge in [-0.2, -0.15) is 5.10 Å². The van der Waals surface area contributed by atoms with Gasteiger partial charge in [-0.3, -0.25) is 14.3 Å². The van der Waals surface area contributed by atoms with Gasteiger partial charge >= 0.3 is 0 Å². The fourth-order valence-corrected chi connectivity index (χ4v) is 3.07. The molecule has 6 nitrogen and oxygen atoms in total. The maximum Gasteiger partial charge on any atom is 0.255 e. The number of rotatable bonds is 6. The third kappa shape index (κ3) is 5.22. The second-order valence-electron chi connectivity index (χ2n) is 6.90. The summed E-state index contributed by atoms with van der Waals surface area (Å²) in [6.07, 6.45) is 3.59. The highest BCUT2D eigenvalue weighted by Gasteiger charge is 2.10. The third-order valence-electron chi connectivity index (χ3n) is 4.58. The van der Waals surface area contributed by atoms with Crippen LogP contribution in [0.25, 0.3) is 0 Å². The van der Waals surface area contributed by atoms with Crippen LogP contribution in [0.2, 0.25) is 0 Å². The summed E-state index contributed by atoms with van der Waals surface area (Å²) in [4.78, 5) is 25.0. The molecule has 0 aliphatic carbocycles. The summed E-state index contributed by atoms with van der Waals surface area (Å²) < 4.78 is 14.8. The molecule has 1 heterocycles. The molecule has 4 rings (SSSR count). The monoisotopic (exact) mass is 414 g/mol. The highest BCUT2D eigenvalue weighted by atomic mass is 19.1. The van der Waals surface area contributed by atoms with Crippen molar-refractivity contribution in [2.45, 2.75) is 6.54 Å². The zero-order valence-electron chi connectivity index (χ0n) is 16.5. The summed E-state index contributed by atoms with van der Waals surface area (Å²) >= 11 is 0. The largest absolute Gasteiger partial charge is 0.322 e. The first kappa shape index (κ1) is 20.0. The van der Waals surface area contributed by atoms with Crippen LogP contribution >= 0.6 is 0 Å². The number of amides is 2. The molecular formula is C24H19FN4O2. The smallest absolute Gasteiger partial charge is 0.255 e. The first-order chi connectivity index (χ1) is 15.1. The van der Waals surface area contributed by atoms with E-state index in [9.17, 15) is 14.0 Å². The maximum absolute atomic E-state index is 13.0. The molecule has 0 aliphatic rings. The molecule has 0 unspecified atom stereocenters. The molecule has 31 heavy (non-hydrogen) atoms. The quantitative estimate of drug-likeness (QED) is 0.485. The van der Waals surface area contributed by atoms with Gasteiger partial charge in [0, 0.05) is 34.9 Å². The fraction of sp³-hybridized carbons (Fsp3) is 0.0417. The van der Waals surface area contributed by atoms with Crippen LogP contribution in [-0.2, 0) is 6.54 Å². The molecule has 0 aliphatic heterocycles. The predicted molar refractivity (Wildman–Crippen MR) is 117 cm³/mol. The van der Waals surface area contributed by atoms with E-state index in [0.29, 0.717) is 29.0 Å². The lowest BCUT2D eigenvalue weighted by molar-refractivity contribution is 0.101. The number of halogens is 1. The number of aromatic nitrogens is 2. The summed E-state index contributed by atoms with van der Waals surface area (Å²) in [5.41, 5.74) is 2.85. The van der Waals surface area contributed by atoms with Gasteiger partial charge in [0.05, 0.1) is 6.54 Å². The van der Waals surface area contributed by atoms with Gasteiger partial charge < -0.3 is 10.6 Å². The van der Waals surface area contributed by atoms with E-state index in [1.807, 2.05) is 36.5 Å². The van der Waals surface area contributed by atoms with Gasteiger partial charge in [0.15, 0.2) is 0 Å². The van der Waals surface area contributed by atoms with Gasteiger partial charge in [-0.25, -0.2) is 4.39 Å². The molecule has 2 N–H and O–H groups in total. The predicted octanol–water partition coefficient (Wildman–Crippen LogP) is 4.58. The van der Waals surface area contributed by atoms with Crippen LogP contribution in [0.15, 0.2) is 91.3 Å². The van der Waals surface area contributed by atoms with Gasteiger partial charge in [0.2, 0.25) is 0 Å². The van der Waals surface area contributed by atoms with E-state index in [1.54, 1.807) is 35.1 Å². The number of carbonyl (C=O) groups is 2. The molecule has 0 atom stereocenters. The Balaban J connectivity index is 1.43. The first-order valence-corrected chi connectivity index (χ1v) is 9.61. The number of carbonyl (C=O) groups excluding carboxylic acids is 2. The molecular weight excluding hydrogens is 395 g/mol. The van der Waals surface area contributed by atoms with E-state index in [0.717, 1.165) is 5.56 Å². The number of nitrogens with one attached hydrogen (secondary N) is 2. The van der Waals surface area contributed by atoms with E-state index < -0.39 is 5.82 Å². The van der Waals surface area contributed by atoms with Crippen LogP contribution in [-0.4, -0.2) is 21.6 Å². The van der Waals surface area contributed by atoms with Gasteiger partial charge in [-0.15, -0.1) is 0 Å². The van der Waals surface area contributed by atoms with Gasteiger partial charge in [0.1, 0.15) is 5.82 Å². The Bertz CT molecular complexity index is 1200. The summed E-state index contributed by atoms with van der Waals surface area (Å²) in [6, 6.07) is 21.2. The molecule has 3 aromatic carbocycles. The average molecular weight is 414 g/mol. The van der Waals surface area contributed by atoms with Crippen molar-refractivity contribution in [2.75, 3.05) is 10.6 Å². The summed E-state index contributed by atoms with van der Waals surface area (Å²) in [6.45, 7) is 0.599. The lowest BCUT2D eigenvalue weighted by atomic mass is 10.1. The van der Waals surface area contributed by atoms with E-state index >= 15 is 0 Å². The molecule has 0 radical (unpaired) electrons. The summed E-state index contributed by atoms with van der Waals surface area (Å²) in [7, 11) is 0. The second kappa shape index (κ2) is 9.04. The molecule has 0 bridgehead atoms. The van der Waals surface area contributed by atoms with Crippen molar-refractivity contribution in [1.29, 1.82) is 0 Å². The zero-order chi connectivity index (χ0) is 21.6. The van der Waals surface area contributed by atoms with Crippen LogP contribution in [0.3, 0.4) is 0 Å². The Morgan fingerprint density at radius 2 is 1.48 bits per heavy atom. The van der Waals surface area contributed by atoms with Crippen molar-refractivity contribution in [1.82, 2.24) is 9.78 Å². The van der Waals surface area contributed by atoms with Gasteiger partial charge in [-0.1, -0.05) is 18.2 Å². The van der Waals surface area contributed by atoms with Crippen LogP contribution < -0.4 is 10.6 Å². The van der Waals surface area contributed by atoms with E-state index in [4.69, 9.17) is 0 Å². The molecule has 1 aromatic heterocycles. The van der Waals surface area contributed by atoms with Crippen LogP contribution in [0.5, 0.6) is 0 Å². The maximum atomic E-state index is 13.0. The van der Waals surface area contributed by atoms with Crippen LogP contribution in [0, 0.1) is 5.82 Å². The van der Waals surface area contributed by atoms with E-state index in [-0.39, 0.29) is 11.8 Å². The van der Waals surface area contributed by atoms with Crippen molar-refractivity contribution in [3.05, 3.63) is 114 Å². The van der Waals surface area contributed by atoms with E-state index in [2.05, 4.69) is 15.7 Å². The number of benzene rings is 3. The molecule has 4 aromatic rings. The molecule has 0 saturated heterocycles. The minimum absolute atomic E-state index is 0.297. The molecule has 2 amide bonds. The van der Waals surface area contributed by atoms with Crippen molar-refractivity contribution in [3.63, 3.8) is 0 Å².